The molecular formula is C19H30O6. The van der Waals surface area contributed by atoms with Crippen molar-refractivity contribution in [2.45, 2.75) is 70.1 Å². The lowest BCUT2D eigenvalue weighted by molar-refractivity contribution is -0.132. The summed E-state index contributed by atoms with van der Waals surface area (Å²) in [5.74, 6) is -0.535. The molecule has 0 heterocycles. The SMILES string of the molecule is CCCc1ccc(C=C(O)[C@@H](O)[C@@H](O)[C@H](O)[C@@H](O)C(O)CCC)cc1. The zero-order valence-electron chi connectivity index (χ0n) is 14.8. The molecule has 0 radical (unpaired) electrons. The average molecular weight is 354 g/mol. The van der Waals surface area contributed by atoms with Gasteiger partial charge in [0.05, 0.1) is 6.10 Å². The van der Waals surface area contributed by atoms with Crippen LogP contribution in [0, 0.1) is 0 Å². The van der Waals surface area contributed by atoms with Crippen LogP contribution in [0.2, 0.25) is 0 Å². The predicted octanol–water partition coefficient (Wildman–Crippen LogP) is 1.14. The highest BCUT2D eigenvalue weighted by Gasteiger charge is 2.35. The maximum Gasteiger partial charge on any atom is 0.139 e. The second-order valence-corrected chi connectivity index (χ2v) is 6.33. The Morgan fingerprint density at radius 1 is 0.880 bits per heavy atom. The molecule has 0 amide bonds. The van der Waals surface area contributed by atoms with Crippen LogP contribution >= 0.6 is 0 Å². The first-order valence-electron chi connectivity index (χ1n) is 8.71. The van der Waals surface area contributed by atoms with Crippen LogP contribution in [0.5, 0.6) is 0 Å². The van der Waals surface area contributed by atoms with Crippen LogP contribution in [0.4, 0.5) is 0 Å². The Morgan fingerprint density at radius 2 is 1.48 bits per heavy atom. The van der Waals surface area contributed by atoms with Crippen LogP contribution in [0.1, 0.15) is 44.2 Å². The van der Waals surface area contributed by atoms with Crippen molar-refractivity contribution >= 4 is 6.08 Å². The summed E-state index contributed by atoms with van der Waals surface area (Å²) in [4.78, 5) is 0. The fraction of sp³-hybridized carbons (Fsp3) is 0.579. The van der Waals surface area contributed by atoms with E-state index < -0.39 is 36.3 Å². The molecule has 0 bridgehead atoms. The summed E-state index contributed by atoms with van der Waals surface area (Å²) in [7, 11) is 0. The Kier molecular flexibility index (Phi) is 9.10. The van der Waals surface area contributed by atoms with Gasteiger partial charge in [-0.1, -0.05) is 51.0 Å². The van der Waals surface area contributed by atoms with Gasteiger partial charge in [-0.25, -0.2) is 0 Å². The molecule has 0 aliphatic heterocycles. The molecule has 1 unspecified atom stereocenters. The van der Waals surface area contributed by atoms with E-state index in [0.717, 1.165) is 18.4 Å². The summed E-state index contributed by atoms with van der Waals surface area (Å²) in [6.45, 7) is 3.88. The van der Waals surface area contributed by atoms with Crippen molar-refractivity contribution in [2.75, 3.05) is 0 Å². The minimum atomic E-state index is -1.84. The lowest BCUT2D eigenvalue weighted by Crippen LogP contribution is -2.49. The largest absolute Gasteiger partial charge is 0.509 e. The highest BCUT2D eigenvalue weighted by molar-refractivity contribution is 5.52. The van der Waals surface area contributed by atoms with E-state index in [1.54, 1.807) is 19.1 Å². The minimum Gasteiger partial charge on any atom is -0.509 e. The van der Waals surface area contributed by atoms with Crippen molar-refractivity contribution in [3.8, 4) is 0 Å². The first-order chi connectivity index (χ1) is 11.8. The fourth-order valence-corrected chi connectivity index (χ4v) is 2.58. The zero-order valence-corrected chi connectivity index (χ0v) is 14.8. The second-order valence-electron chi connectivity index (χ2n) is 6.33. The van der Waals surface area contributed by atoms with Gasteiger partial charge in [0.1, 0.15) is 30.2 Å². The third-order valence-corrected chi connectivity index (χ3v) is 4.14. The van der Waals surface area contributed by atoms with Crippen LogP contribution < -0.4 is 0 Å². The fourth-order valence-electron chi connectivity index (χ4n) is 2.58. The smallest absolute Gasteiger partial charge is 0.139 e. The van der Waals surface area contributed by atoms with E-state index in [-0.39, 0.29) is 6.42 Å². The molecule has 0 fully saturated rings. The maximum absolute atomic E-state index is 10.00. The number of aliphatic hydroxyl groups excluding tert-OH is 6. The van der Waals surface area contributed by atoms with Gasteiger partial charge in [0.2, 0.25) is 0 Å². The van der Waals surface area contributed by atoms with Crippen LogP contribution in [0.25, 0.3) is 6.08 Å². The lowest BCUT2D eigenvalue weighted by atomic mass is 9.96. The Morgan fingerprint density at radius 3 is 2.00 bits per heavy atom. The molecule has 0 spiro atoms. The minimum absolute atomic E-state index is 0.243. The molecular weight excluding hydrogens is 324 g/mol. The average Bonchev–Trinajstić information content (AvgIpc) is 2.61. The van der Waals surface area contributed by atoms with Crippen molar-refractivity contribution in [3.05, 3.63) is 41.2 Å². The molecule has 1 aromatic rings. The number of hydrogen-bond donors (Lipinski definition) is 6. The highest BCUT2D eigenvalue weighted by Crippen LogP contribution is 2.17. The third-order valence-electron chi connectivity index (χ3n) is 4.14. The molecule has 0 aliphatic rings. The van der Waals surface area contributed by atoms with E-state index in [4.69, 9.17) is 0 Å². The van der Waals surface area contributed by atoms with Gasteiger partial charge in [0.25, 0.3) is 0 Å². The van der Waals surface area contributed by atoms with Gasteiger partial charge in [-0.05, 0) is 30.0 Å². The van der Waals surface area contributed by atoms with Gasteiger partial charge in [-0.3, -0.25) is 0 Å². The van der Waals surface area contributed by atoms with Crippen molar-refractivity contribution in [1.29, 1.82) is 0 Å². The van der Waals surface area contributed by atoms with Gasteiger partial charge < -0.3 is 30.6 Å². The molecule has 0 saturated heterocycles. The van der Waals surface area contributed by atoms with Gasteiger partial charge in [-0.15, -0.1) is 0 Å². The van der Waals surface area contributed by atoms with Crippen molar-refractivity contribution in [1.82, 2.24) is 0 Å². The first kappa shape index (κ1) is 21.6. The third kappa shape index (κ3) is 6.41. The van der Waals surface area contributed by atoms with Gasteiger partial charge in [0.15, 0.2) is 0 Å². The molecule has 142 valence electrons. The number of aliphatic hydroxyl groups is 6. The molecule has 0 aliphatic carbocycles. The summed E-state index contributed by atoms with van der Waals surface area (Å²) >= 11 is 0. The highest BCUT2D eigenvalue weighted by atomic mass is 16.4. The zero-order chi connectivity index (χ0) is 19.0. The van der Waals surface area contributed by atoms with Crippen LogP contribution in [0.15, 0.2) is 30.0 Å². The molecule has 0 saturated carbocycles. The molecule has 1 rings (SSSR count). The second kappa shape index (κ2) is 10.5. The Balaban J connectivity index is 2.77. The van der Waals surface area contributed by atoms with E-state index in [1.165, 1.54) is 6.08 Å². The van der Waals surface area contributed by atoms with Crippen LogP contribution in [-0.2, 0) is 6.42 Å². The molecule has 6 nitrogen and oxygen atoms in total. The normalized spacial score (nSPS) is 18.4. The van der Waals surface area contributed by atoms with E-state index in [9.17, 15) is 30.6 Å². The molecule has 6 N–H and O–H groups in total. The number of hydrogen-bond acceptors (Lipinski definition) is 6. The van der Waals surface area contributed by atoms with Crippen LogP contribution in [0.3, 0.4) is 0 Å². The van der Waals surface area contributed by atoms with Crippen molar-refractivity contribution in [3.63, 3.8) is 0 Å². The Labute approximate surface area is 148 Å². The number of benzene rings is 1. The van der Waals surface area contributed by atoms with E-state index >= 15 is 0 Å². The van der Waals surface area contributed by atoms with Crippen molar-refractivity contribution in [2.24, 2.45) is 0 Å². The Hall–Kier alpha value is -1.44. The quantitative estimate of drug-likeness (QED) is 0.351. The van der Waals surface area contributed by atoms with Gasteiger partial charge in [-0.2, -0.15) is 0 Å². The first-order valence-corrected chi connectivity index (χ1v) is 8.71. The molecule has 6 heteroatoms. The number of rotatable bonds is 10. The summed E-state index contributed by atoms with van der Waals surface area (Å²) < 4.78 is 0. The van der Waals surface area contributed by atoms with Gasteiger partial charge >= 0.3 is 0 Å². The lowest BCUT2D eigenvalue weighted by Gasteiger charge is -2.28. The monoisotopic (exact) mass is 354 g/mol. The maximum atomic E-state index is 10.00. The number of aryl methyl sites for hydroxylation is 1. The van der Waals surface area contributed by atoms with Crippen molar-refractivity contribution < 1.29 is 30.6 Å². The summed E-state index contributed by atoms with van der Waals surface area (Å²) in [6.07, 6.45) is -4.17. The predicted molar refractivity (Wildman–Crippen MR) is 96.0 cm³/mol. The molecule has 0 aromatic heterocycles. The van der Waals surface area contributed by atoms with Crippen LogP contribution in [-0.4, -0.2) is 61.2 Å². The molecule has 5 atom stereocenters. The standard InChI is InChI=1S/C19H30O6/c1-3-5-12-7-9-13(10-8-12)11-15(21)17(23)19(25)18(24)16(22)14(20)6-4-2/h7-11,14,16-25H,3-6H2,1-2H3/t14?,16-,17+,18+,19+/m0/s1. The summed E-state index contributed by atoms with van der Waals surface area (Å²) in [6, 6.07) is 7.36. The topological polar surface area (TPSA) is 121 Å². The van der Waals surface area contributed by atoms with E-state index in [0.29, 0.717) is 12.0 Å². The summed E-state index contributed by atoms with van der Waals surface area (Å²) in [5, 5.41) is 59.3. The summed E-state index contributed by atoms with van der Waals surface area (Å²) in [5.41, 5.74) is 1.79. The molecule has 1 aromatic carbocycles. The van der Waals surface area contributed by atoms with E-state index in [1.807, 2.05) is 12.1 Å². The van der Waals surface area contributed by atoms with Gasteiger partial charge in [0, 0.05) is 0 Å². The molecule has 25 heavy (non-hydrogen) atoms. The van der Waals surface area contributed by atoms with E-state index in [2.05, 4.69) is 6.92 Å². The Bertz CT molecular complexity index is 527.